The Labute approximate surface area is 123 Å². The summed E-state index contributed by atoms with van der Waals surface area (Å²) >= 11 is 5.62. The molecule has 0 amide bonds. The molecule has 0 saturated carbocycles. The highest BCUT2D eigenvalue weighted by Crippen LogP contribution is 2.24. The number of halogens is 2. The van der Waals surface area contributed by atoms with Crippen LogP contribution in [0.1, 0.15) is 19.4 Å². The standard InChI is InChI=1S/C13H17ClFNO3S/c1-9-8-19-10(2)7-16(9)20(17,18)12-3-4-13(15)11(5-12)6-14/h3-5,9-10H,6-8H2,1-2H3. The predicted octanol–water partition coefficient (Wildman–Crippen LogP) is 2.36. The monoisotopic (exact) mass is 321 g/mol. The van der Waals surface area contributed by atoms with Gasteiger partial charge in [-0.3, -0.25) is 0 Å². The average Bonchev–Trinajstić information content (AvgIpc) is 2.41. The molecule has 0 N–H and O–H groups in total. The molecule has 0 aromatic heterocycles. The minimum absolute atomic E-state index is 0.0652. The zero-order valence-corrected chi connectivity index (χ0v) is 12.9. The van der Waals surface area contributed by atoms with Crippen molar-refractivity contribution in [3.63, 3.8) is 0 Å². The largest absolute Gasteiger partial charge is 0.375 e. The third kappa shape index (κ3) is 2.98. The SMILES string of the molecule is CC1CN(S(=O)(=O)c2ccc(F)c(CCl)c2)C(C)CO1. The van der Waals surface area contributed by atoms with Gasteiger partial charge in [0.15, 0.2) is 0 Å². The molecule has 2 unspecified atom stereocenters. The normalized spacial score (nSPS) is 24.8. The third-order valence-corrected chi connectivity index (χ3v) is 5.58. The molecule has 4 nitrogen and oxygen atoms in total. The number of nitrogens with zero attached hydrogens (tertiary/aromatic N) is 1. The molecule has 7 heteroatoms. The Hall–Kier alpha value is -0.690. The lowest BCUT2D eigenvalue weighted by atomic mass is 10.2. The first-order valence-electron chi connectivity index (χ1n) is 6.34. The zero-order chi connectivity index (χ0) is 14.9. The second-order valence-corrected chi connectivity index (χ2v) is 7.11. The van der Waals surface area contributed by atoms with Crippen LogP contribution in [0.15, 0.2) is 23.1 Å². The van der Waals surface area contributed by atoms with Crippen LogP contribution in [0.2, 0.25) is 0 Å². The van der Waals surface area contributed by atoms with Gasteiger partial charge in [0.05, 0.1) is 23.5 Å². The van der Waals surface area contributed by atoms with Crippen LogP contribution in [0.5, 0.6) is 0 Å². The van der Waals surface area contributed by atoms with E-state index in [4.69, 9.17) is 16.3 Å². The molecule has 1 heterocycles. The van der Waals surface area contributed by atoms with Crippen molar-refractivity contribution >= 4 is 21.6 Å². The first-order chi connectivity index (χ1) is 9.36. The van der Waals surface area contributed by atoms with E-state index in [0.29, 0.717) is 6.61 Å². The Morgan fingerprint density at radius 2 is 2.15 bits per heavy atom. The molecule has 112 valence electrons. The number of ether oxygens (including phenoxy) is 1. The van der Waals surface area contributed by atoms with Crippen molar-refractivity contribution in [1.82, 2.24) is 4.31 Å². The smallest absolute Gasteiger partial charge is 0.243 e. The summed E-state index contributed by atoms with van der Waals surface area (Å²) in [5.41, 5.74) is 0.182. The Morgan fingerprint density at radius 1 is 1.45 bits per heavy atom. The van der Waals surface area contributed by atoms with Gasteiger partial charge >= 0.3 is 0 Å². The Balaban J connectivity index is 2.39. The summed E-state index contributed by atoms with van der Waals surface area (Å²) in [6.45, 7) is 4.25. The maximum Gasteiger partial charge on any atom is 0.243 e. The molecule has 20 heavy (non-hydrogen) atoms. The van der Waals surface area contributed by atoms with Crippen molar-refractivity contribution in [3.05, 3.63) is 29.6 Å². The summed E-state index contributed by atoms with van der Waals surface area (Å²) in [6.07, 6.45) is -0.158. The molecule has 1 aromatic carbocycles. The van der Waals surface area contributed by atoms with Crippen molar-refractivity contribution in [2.45, 2.75) is 36.8 Å². The topological polar surface area (TPSA) is 46.6 Å². The molecular formula is C13H17ClFNO3S. The summed E-state index contributed by atoms with van der Waals surface area (Å²) in [5.74, 6) is -0.563. The third-order valence-electron chi connectivity index (χ3n) is 3.32. The molecule has 0 bridgehead atoms. The first-order valence-corrected chi connectivity index (χ1v) is 8.31. The zero-order valence-electron chi connectivity index (χ0n) is 11.3. The number of benzene rings is 1. The molecule has 0 aliphatic carbocycles. The van der Waals surface area contributed by atoms with Crippen molar-refractivity contribution < 1.29 is 17.5 Å². The first kappa shape index (κ1) is 15.7. The lowest BCUT2D eigenvalue weighted by Gasteiger charge is -2.35. The van der Waals surface area contributed by atoms with E-state index in [-0.39, 0.29) is 35.0 Å². The number of rotatable bonds is 3. The molecule has 2 rings (SSSR count). The molecule has 0 spiro atoms. The highest BCUT2D eigenvalue weighted by atomic mass is 35.5. The van der Waals surface area contributed by atoms with Crippen LogP contribution in [0, 0.1) is 5.82 Å². The van der Waals surface area contributed by atoms with Crippen molar-refractivity contribution in [2.75, 3.05) is 13.2 Å². The average molecular weight is 322 g/mol. The van der Waals surface area contributed by atoms with E-state index in [1.807, 2.05) is 6.92 Å². The van der Waals surface area contributed by atoms with E-state index in [1.165, 1.54) is 16.4 Å². The predicted molar refractivity (Wildman–Crippen MR) is 74.7 cm³/mol. The quantitative estimate of drug-likeness (QED) is 0.803. The molecule has 1 aliphatic rings. The Bertz CT molecular complexity index is 593. The minimum atomic E-state index is -3.67. The van der Waals surface area contributed by atoms with E-state index < -0.39 is 15.8 Å². The maximum atomic E-state index is 13.4. The fourth-order valence-corrected chi connectivity index (χ4v) is 4.10. The number of alkyl halides is 1. The van der Waals surface area contributed by atoms with Gasteiger partial charge in [-0.05, 0) is 32.0 Å². The van der Waals surface area contributed by atoms with Gasteiger partial charge in [-0.1, -0.05) is 0 Å². The number of hydrogen-bond acceptors (Lipinski definition) is 3. The van der Waals surface area contributed by atoms with Gasteiger partial charge in [0.25, 0.3) is 0 Å². The van der Waals surface area contributed by atoms with Gasteiger partial charge < -0.3 is 4.74 Å². The summed E-state index contributed by atoms with van der Waals surface area (Å²) in [6, 6.07) is 3.46. The summed E-state index contributed by atoms with van der Waals surface area (Å²) in [4.78, 5) is 0.0653. The highest BCUT2D eigenvalue weighted by Gasteiger charge is 2.34. The van der Waals surface area contributed by atoms with E-state index in [9.17, 15) is 12.8 Å². The van der Waals surface area contributed by atoms with Crippen molar-refractivity contribution in [2.24, 2.45) is 0 Å². The lowest BCUT2D eigenvalue weighted by Crippen LogP contribution is -2.50. The summed E-state index contributed by atoms with van der Waals surface area (Å²) < 4.78 is 45.5. The van der Waals surface area contributed by atoms with Gasteiger partial charge in [0.1, 0.15) is 5.82 Å². The summed E-state index contributed by atoms with van der Waals surface area (Å²) in [5, 5.41) is 0. The summed E-state index contributed by atoms with van der Waals surface area (Å²) in [7, 11) is -3.67. The second kappa shape index (κ2) is 5.97. The van der Waals surface area contributed by atoms with Gasteiger partial charge in [0.2, 0.25) is 10.0 Å². The molecule has 1 aliphatic heterocycles. The van der Waals surface area contributed by atoms with Crippen LogP contribution < -0.4 is 0 Å². The second-order valence-electron chi connectivity index (χ2n) is 4.95. The van der Waals surface area contributed by atoms with Crippen molar-refractivity contribution in [3.8, 4) is 0 Å². The molecular weight excluding hydrogens is 305 g/mol. The van der Waals surface area contributed by atoms with Crippen LogP contribution >= 0.6 is 11.6 Å². The molecule has 0 radical (unpaired) electrons. The Kier molecular flexibility index (Phi) is 4.69. The number of sulfonamides is 1. The van der Waals surface area contributed by atoms with E-state index in [0.717, 1.165) is 6.07 Å². The number of morpholine rings is 1. The molecule has 1 saturated heterocycles. The van der Waals surface area contributed by atoms with Crippen LogP contribution in [0.25, 0.3) is 0 Å². The molecule has 1 fully saturated rings. The van der Waals surface area contributed by atoms with Gasteiger partial charge in [-0.2, -0.15) is 4.31 Å². The van der Waals surface area contributed by atoms with E-state index >= 15 is 0 Å². The van der Waals surface area contributed by atoms with Gasteiger partial charge in [0, 0.05) is 18.2 Å². The fraction of sp³-hybridized carbons (Fsp3) is 0.538. The van der Waals surface area contributed by atoms with E-state index in [1.54, 1.807) is 6.92 Å². The van der Waals surface area contributed by atoms with Crippen LogP contribution in [-0.4, -0.2) is 38.0 Å². The van der Waals surface area contributed by atoms with E-state index in [2.05, 4.69) is 0 Å². The highest BCUT2D eigenvalue weighted by molar-refractivity contribution is 7.89. The van der Waals surface area contributed by atoms with Crippen LogP contribution in [-0.2, 0) is 20.6 Å². The van der Waals surface area contributed by atoms with Crippen LogP contribution in [0.4, 0.5) is 4.39 Å². The van der Waals surface area contributed by atoms with Gasteiger partial charge in [-0.25, -0.2) is 12.8 Å². The van der Waals surface area contributed by atoms with Crippen molar-refractivity contribution in [1.29, 1.82) is 0 Å². The molecule has 2 atom stereocenters. The fourth-order valence-electron chi connectivity index (χ4n) is 2.16. The lowest BCUT2D eigenvalue weighted by molar-refractivity contribution is -0.0170. The maximum absolute atomic E-state index is 13.4. The minimum Gasteiger partial charge on any atom is -0.375 e. The number of hydrogen-bond donors (Lipinski definition) is 0. The van der Waals surface area contributed by atoms with Crippen LogP contribution in [0.3, 0.4) is 0 Å². The Morgan fingerprint density at radius 3 is 2.80 bits per heavy atom. The van der Waals surface area contributed by atoms with Gasteiger partial charge in [-0.15, -0.1) is 11.6 Å². The molecule has 1 aromatic rings.